The Labute approximate surface area is 124 Å². The van der Waals surface area contributed by atoms with Crippen LogP contribution >= 0.6 is 12.2 Å². The normalized spacial score (nSPS) is 15.3. The molecule has 0 N–H and O–H groups in total. The van der Waals surface area contributed by atoms with Gasteiger partial charge in [-0.1, -0.05) is 17.7 Å². The summed E-state index contributed by atoms with van der Waals surface area (Å²) in [4.78, 5) is 6.93. The SMILES string of the molecule is Cc1ccc(-n2ccc(N3CCCCC3)nc2=S)cc1. The van der Waals surface area contributed by atoms with Gasteiger partial charge in [-0.25, -0.2) is 4.98 Å². The molecular formula is C16H19N3S. The van der Waals surface area contributed by atoms with Gasteiger partial charge in [0.05, 0.1) is 0 Å². The third kappa shape index (κ3) is 2.75. The maximum atomic E-state index is 5.45. The number of aromatic nitrogens is 2. The summed E-state index contributed by atoms with van der Waals surface area (Å²) < 4.78 is 2.58. The quantitative estimate of drug-likeness (QED) is 0.781. The predicted molar refractivity (Wildman–Crippen MR) is 85.2 cm³/mol. The lowest BCUT2D eigenvalue weighted by Gasteiger charge is -2.27. The zero-order valence-corrected chi connectivity index (χ0v) is 12.6. The molecule has 0 amide bonds. The van der Waals surface area contributed by atoms with Crippen molar-refractivity contribution in [1.82, 2.24) is 9.55 Å². The first-order chi connectivity index (χ1) is 9.74. The van der Waals surface area contributed by atoms with E-state index in [0.29, 0.717) is 4.77 Å². The highest BCUT2D eigenvalue weighted by Gasteiger charge is 2.12. The highest BCUT2D eigenvalue weighted by atomic mass is 32.1. The number of nitrogens with zero attached hydrogens (tertiary/aromatic N) is 3. The van der Waals surface area contributed by atoms with E-state index in [4.69, 9.17) is 12.2 Å². The first-order valence-electron chi connectivity index (χ1n) is 7.16. The molecule has 1 aromatic carbocycles. The first-order valence-corrected chi connectivity index (χ1v) is 7.56. The van der Waals surface area contributed by atoms with Gasteiger partial charge in [-0.15, -0.1) is 0 Å². The Bertz CT molecular complexity index is 640. The standard InChI is InChI=1S/C16H19N3S/c1-13-5-7-14(8-6-13)19-12-9-15(17-16(19)20)18-10-3-2-4-11-18/h5-9,12H,2-4,10-11H2,1H3. The summed E-state index contributed by atoms with van der Waals surface area (Å²) in [6.07, 6.45) is 5.86. The number of hydrogen-bond acceptors (Lipinski definition) is 3. The zero-order valence-electron chi connectivity index (χ0n) is 11.7. The number of rotatable bonds is 2. The van der Waals surface area contributed by atoms with Gasteiger partial charge in [-0.2, -0.15) is 0 Å². The second-order valence-corrected chi connectivity index (χ2v) is 5.69. The summed E-state index contributed by atoms with van der Waals surface area (Å²) in [5, 5.41) is 0. The third-order valence-corrected chi connectivity index (χ3v) is 4.07. The highest BCUT2D eigenvalue weighted by Crippen LogP contribution is 2.18. The second kappa shape index (κ2) is 5.75. The zero-order chi connectivity index (χ0) is 13.9. The van der Waals surface area contributed by atoms with Crippen LogP contribution in [0.3, 0.4) is 0 Å². The van der Waals surface area contributed by atoms with Crippen LogP contribution in [-0.2, 0) is 0 Å². The summed E-state index contributed by atoms with van der Waals surface area (Å²) in [5.41, 5.74) is 2.32. The van der Waals surface area contributed by atoms with Crippen molar-refractivity contribution in [3.05, 3.63) is 46.9 Å². The van der Waals surface area contributed by atoms with Crippen molar-refractivity contribution in [2.75, 3.05) is 18.0 Å². The number of anilines is 1. The minimum absolute atomic E-state index is 0.622. The van der Waals surface area contributed by atoms with Crippen LogP contribution in [0.4, 0.5) is 5.82 Å². The van der Waals surface area contributed by atoms with Crippen LogP contribution in [0.1, 0.15) is 24.8 Å². The van der Waals surface area contributed by atoms with Gasteiger partial charge in [0.25, 0.3) is 0 Å². The molecule has 20 heavy (non-hydrogen) atoms. The van der Waals surface area contributed by atoms with Gasteiger partial charge in [0.1, 0.15) is 5.82 Å². The van der Waals surface area contributed by atoms with E-state index in [0.717, 1.165) is 24.6 Å². The minimum atomic E-state index is 0.622. The van der Waals surface area contributed by atoms with Crippen molar-refractivity contribution in [2.24, 2.45) is 0 Å². The lowest BCUT2D eigenvalue weighted by Crippen LogP contribution is -2.30. The van der Waals surface area contributed by atoms with Gasteiger partial charge in [0.15, 0.2) is 0 Å². The molecule has 2 aromatic rings. The summed E-state index contributed by atoms with van der Waals surface area (Å²) >= 11 is 5.45. The second-order valence-electron chi connectivity index (χ2n) is 5.32. The molecule has 1 saturated heterocycles. The Kier molecular flexibility index (Phi) is 3.83. The predicted octanol–water partition coefficient (Wildman–Crippen LogP) is 3.90. The van der Waals surface area contributed by atoms with Gasteiger partial charge in [0, 0.05) is 25.0 Å². The smallest absolute Gasteiger partial charge is 0.206 e. The molecule has 0 saturated carbocycles. The van der Waals surface area contributed by atoms with E-state index < -0.39 is 0 Å². The Hall–Kier alpha value is -1.68. The minimum Gasteiger partial charge on any atom is -0.356 e. The fraction of sp³-hybridized carbons (Fsp3) is 0.375. The first kappa shape index (κ1) is 13.3. The Balaban J connectivity index is 1.91. The third-order valence-electron chi connectivity index (χ3n) is 3.78. The lowest BCUT2D eigenvalue weighted by molar-refractivity contribution is 0.572. The van der Waals surface area contributed by atoms with E-state index in [9.17, 15) is 0 Å². The maximum absolute atomic E-state index is 5.45. The Morgan fingerprint density at radius 2 is 1.70 bits per heavy atom. The largest absolute Gasteiger partial charge is 0.356 e. The molecule has 1 aliphatic heterocycles. The lowest BCUT2D eigenvalue weighted by atomic mass is 10.1. The van der Waals surface area contributed by atoms with Crippen molar-refractivity contribution < 1.29 is 0 Å². The monoisotopic (exact) mass is 285 g/mol. The average molecular weight is 285 g/mol. The summed E-state index contributed by atoms with van der Waals surface area (Å²) in [7, 11) is 0. The molecule has 3 nitrogen and oxygen atoms in total. The number of hydrogen-bond donors (Lipinski definition) is 0. The molecule has 3 rings (SSSR count). The molecule has 0 spiro atoms. The van der Waals surface area contributed by atoms with Crippen molar-refractivity contribution in [3.63, 3.8) is 0 Å². The van der Waals surface area contributed by atoms with Gasteiger partial charge < -0.3 is 4.90 Å². The summed E-state index contributed by atoms with van der Waals surface area (Å²) in [6, 6.07) is 10.4. The van der Waals surface area contributed by atoms with Gasteiger partial charge >= 0.3 is 0 Å². The molecule has 4 heteroatoms. The molecule has 2 heterocycles. The molecule has 104 valence electrons. The summed E-state index contributed by atoms with van der Waals surface area (Å²) in [5.74, 6) is 1.01. The Morgan fingerprint density at radius 1 is 1.00 bits per heavy atom. The van der Waals surface area contributed by atoms with Crippen LogP contribution < -0.4 is 4.90 Å². The van der Waals surface area contributed by atoms with Gasteiger partial charge in [0.2, 0.25) is 4.77 Å². The molecule has 1 aromatic heterocycles. The fourth-order valence-electron chi connectivity index (χ4n) is 2.60. The molecule has 0 bridgehead atoms. The number of piperidine rings is 1. The maximum Gasteiger partial charge on any atom is 0.206 e. The highest BCUT2D eigenvalue weighted by molar-refractivity contribution is 7.71. The van der Waals surface area contributed by atoms with E-state index in [1.165, 1.54) is 24.8 Å². The number of aryl methyl sites for hydroxylation is 1. The van der Waals surface area contributed by atoms with E-state index in [2.05, 4.69) is 47.1 Å². The van der Waals surface area contributed by atoms with Gasteiger partial charge in [-0.05, 0) is 56.6 Å². The van der Waals surface area contributed by atoms with Crippen molar-refractivity contribution >= 4 is 18.0 Å². The summed E-state index contributed by atoms with van der Waals surface area (Å²) in [6.45, 7) is 4.27. The topological polar surface area (TPSA) is 21.1 Å². The molecule has 0 unspecified atom stereocenters. The Morgan fingerprint density at radius 3 is 2.35 bits per heavy atom. The number of benzene rings is 1. The van der Waals surface area contributed by atoms with Crippen LogP contribution in [0.15, 0.2) is 36.5 Å². The van der Waals surface area contributed by atoms with Crippen molar-refractivity contribution in [2.45, 2.75) is 26.2 Å². The van der Waals surface area contributed by atoms with Crippen LogP contribution in [0.25, 0.3) is 5.69 Å². The fourth-order valence-corrected chi connectivity index (χ4v) is 2.85. The molecule has 0 atom stereocenters. The molecule has 1 fully saturated rings. The van der Waals surface area contributed by atoms with E-state index in [1.54, 1.807) is 0 Å². The van der Waals surface area contributed by atoms with Crippen LogP contribution in [-0.4, -0.2) is 22.6 Å². The van der Waals surface area contributed by atoms with Crippen LogP contribution in [0.2, 0.25) is 0 Å². The van der Waals surface area contributed by atoms with Crippen molar-refractivity contribution in [1.29, 1.82) is 0 Å². The van der Waals surface area contributed by atoms with E-state index in [1.807, 2.05) is 10.8 Å². The van der Waals surface area contributed by atoms with E-state index in [-0.39, 0.29) is 0 Å². The average Bonchev–Trinajstić information content (AvgIpc) is 2.49. The molecular weight excluding hydrogens is 266 g/mol. The molecule has 0 radical (unpaired) electrons. The molecule has 0 aliphatic carbocycles. The van der Waals surface area contributed by atoms with Crippen LogP contribution in [0.5, 0.6) is 0 Å². The van der Waals surface area contributed by atoms with Crippen molar-refractivity contribution in [3.8, 4) is 5.69 Å². The van der Waals surface area contributed by atoms with E-state index >= 15 is 0 Å². The van der Waals surface area contributed by atoms with Crippen LogP contribution in [0, 0.1) is 11.7 Å². The van der Waals surface area contributed by atoms with Gasteiger partial charge in [-0.3, -0.25) is 4.57 Å². The molecule has 1 aliphatic rings.